The van der Waals surface area contributed by atoms with E-state index in [2.05, 4.69) is 20.6 Å². The van der Waals surface area contributed by atoms with Gasteiger partial charge in [-0.25, -0.2) is 9.38 Å². The van der Waals surface area contributed by atoms with Crippen LogP contribution >= 0.6 is 0 Å². The molecule has 3 aromatic rings. The predicted octanol–water partition coefficient (Wildman–Crippen LogP) is 4.24. The summed E-state index contributed by atoms with van der Waals surface area (Å²) in [5, 5.41) is 5.75. The van der Waals surface area contributed by atoms with Crippen molar-refractivity contribution in [1.82, 2.24) is 10.3 Å². The van der Waals surface area contributed by atoms with Crippen molar-refractivity contribution < 1.29 is 9.18 Å². The standard InChI is InChI=1S/C22H21FN4O/c1-15-8-9-18(11-16(15)2)21(28)27-22(25-14-17-5-4-10-24-13-17)26-20-7-3-6-19(23)12-20/h3-13H,14H2,1-2H3,(H2,25,26,27,28). The second-order valence-electron chi connectivity index (χ2n) is 6.41. The van der Waals surface area contributed by atoms with Crippen molar-refractivity contribution in [3.05, 3.63) is 95.1 Å². The maximum atomic E-state index is 13.5. The molecule has 0 radical (unpaired) electrons. The molecule has 0 saturated heterocycles. The molecule has 0 aliphatic carbocycles. The monoisotopic (exact) mass is 376 g/mol. The molecule has 1 aromatic heterocycles. The summed E-state index contributed by atoms with van der Waals surface area (Å²) in [5.41, 5.74) is 4.05. The first-order chi connectivity index (χ1) is 13.5. The Balaban J connectivity index is 1.82. The van der Waals surface area contributed by atoms with Gasteiger partial charge >= 0.3 is 0 Å². The number of aryl methyl sites for hydroxylation is 2. The third-order valence-electron chi connectivity index (χ3n) is 4.23. The number of hydrogen-bond acceptors (Lipinski definition) is 3. The number of carbonyl (C=O) groups excluding carboxylic acids is 1. The molecule has 0 spiro atoms. The zero-order valence-corrected chi connectivity index (χ0v) is 15.7. The number of halogens is 1. The van der Waals surface area contributed by atoms with Crippen LogP contribution in [0.3, 0.4) is 0 Å². The normalized spacial score (nSPS) is 11.2. The van der Waals surface area contributed by atoms with Crippen LogP contribution in [0, 0.1) is 19.7 Å². The number of hydrogen-bond donors (Lipinski definition) is 2. The summed E-state index contributed by atoms with van der Waals surface area (Å²) >= 11 is 0. The minimum atomic E-state index is -0.378. The lowest BCUT2D eigenvalue weighted by Crippen LogP contribution is -2.36. The van der Waals surface area contributed by atoms with Crippen LogP contribution < -0.4 is 10.6 Å². The van der Waals surface area contributed by atoms with E-state index in [1.165, 1.54) is 12.1 Å². The van der Waals surface area contributed by atoms with Gasteiger partial charge in [-0.2, -0.15) is 0 Å². The van der Waals surface area contributed by atoms with E-state index in [4.69, 9.17) is 0 Å². The molecule has 2 aromatic carbocycles. The van der Waals surface area contributed by atoms with Crippen LogP contribution in [-0.4, -0.2) is 16.9 Å². The number of amides is 1. The minimum Gasteiger partial charge on any atom is -0.326 e. The first-order valence-electron chi connectivity index (χ1n) is 8.86. The number of guanidine groups is 1. The number of aromatic nitrogens is 1. The van der Waals surface area contributed by atoms with Gasteiger partial charge in [0, 0.05) is 23.6 Å². The molecular weight excluding hydrogens is 355 g/mol. The highest BCUT2D eigenvalue weighted by Crippen LogP contribution is 2.11. The molecule has 1 heterocycles. The van der Waals surface area contributed by atoms with Gasteiger partial charge in [-0.1, -0.05) is 18.2 Å². The highest BCUT2D eigenvalue weighted by molar-refractivity contribution is 6.10. The van der Waals surface area contributed by atoms with E-state index in [1.54, 1.807) is 30.6 Å². The third-order valence-corrected chi connectivity index (χ3v) is 4.23. The average molecular weight is 376 g/mol. The van der Waals surface area contributed by atoms with E-state index in [0.717, 1.165) is 16.7 Å². The molecule has 28 heavy (non-hydrogen) atoms. The summed E-state index contributed by atoms with van der Waals surface area (Å²) in [6.45, 7) is 4.26. The van der Waals surface area contributed by atoms with E-state index in [9.17, 15) is 9.18 Å². The van der Waals surface area contributed by atoms with Gasteiger partial charge in [-0.15, -0.1) is 0 Å². The van der Waals surface area contributed by atoms with Gasteiger partial charge in [0.1, 0.15) is 5.82 Å². The number of anilines is 1. The molecule has 1 amide bonds. The molecule has 0 saturated carbocycles. The van der Waals surface area contributed by atoms with Crippen LogP contribution in [0.2, 0.25) is 0 Å². The third kappa shape index (κ3) is 5.23. The van der Waals surface area contributed by atoms with Crippen LogP contribution in [0.5, 0.6) is 0 Å². The van der Waals surface area contributed by atoms with Crippen molar-refractivity contribution >= 4 is 17.6 Å². The Morgan fingerprint density at radius 1 is 1.07 bits per heavy atom. The Morgan fingerprint density at radius 3 is 2.64 bits per heavy atom. The van der Waals surface area contributed by atoms with Crippen LogP contribution in [0.15, 0.2) is 72.0 Å². The Bertz CT molecular complexity index is 1000. The van der Waals surface area contributed by atoms with E-state index < -0.39 is 0 Å². The number of carbonyl (C=O) groups is 1. The molecule has 5 nitrogen and oxygen atoms in total. The fourth-order valence-corrected chi connectivity index (χ4v) is 2.54. The second-order valence-corrected chi connectivity index (χ2v) is 6.41. The molecular formula is C22H21FN4O. The zero-order chi connectivity index (χ0) is 19.9. The van der Waals surface area contributed by atoms with Crippen molar-refractivity contribution in [2.45, 2.75) is 20.4 Å². The Kier molecular flexibility index (Phi) is 6.11. The number of nitrogens with zero attached hydrogens (tertiary/aromatic N) is 2. The molecule has 0 bridgehead atoms. The summed E-state index contributed by atoms with van der Waals surface area (Å²) in [6.07, 6.45) is 3.38. The summed E-state index contributed by atoms with van der Waals surface area (Å²) in [7, 11) is 0. The Hall–Kier alpha value is -3.54. The maximum Gasteiger partial charge on any atom is 0.257 e. The zero-order valence-electron chi connectivity index (χ0n) is 15.7. The Morgan fingerprint density at radius 2 is 1.93 bits per heavy atom. The fraction of sp³-hybridized carbons (Fsp3) is 0.136. The second kappa shape index (κ2) is 8.90. The lowest BCUT2D eigenvalue weighted by atomic mass is 10.1. The first-order valence-corrected chi connectivity index (χ1v) is 8.86. The molecule has 0 aliphatic heterocycles. The van der Waals surface area contributed by atoms with Crippen molar-refractivity contribution in [3.63, 3.8) is 0 Å². The lowest BCUT2D eigenvalue weighted by Gasteiger charge is -2.13. The van der Waals surface area contributed by atoms with Gasteiger partial charge < -0.3 is 5.32 Å². The molecule has 0 unspecified atom stereocenters. The lowest BCUT2D eigenvalue weighted by molar-refractivity contribution is 0.0977. The van der Waals surface area contributed by atoms with Gasteiger partial charge in [0.2, 0.25) is 5.96 Å². The van der Waals surface area contributed by atoms with Gasteiger partial charge in [0.05, 0.1) is 6.54 Å². The maximum absolute atomic E-state index is 13.5. The summed E-state index contributed by atoms with van der Waals surface area (Å²) < 4.78 is 13.5. The topological polar surface area (TPSA) is 66.4 Å². The van der Waals surface area contributed by atoms with E-state index in [0.29, 0.717) is 17.8 Å². The molecule has 0 fully saturated rings. The molecule has 6 heteroatoms. The smallest absolute Gasteiger partial charge is 0.257 e. The van der Waals surface area contributed by atoms with Crippen molar-refractivity contribution in [1.29, 1.82) is 0 Å². The predicted molar refractivity (Wildman–Crippen MR) is 109 cm³/mol. The van der Waals surface area contributed by atoms with Gasteiger partial charge in [0.15, 0.2) is 0 Å². The molecule has 0 aliphatic rings. The van der Waals surface area contributed by atoms with Gasteiger partial charge in [-0.3, -0.25) is 15.1 Å². The van der Waals surface area contributed by atoms with E-state index in [-0.39, 0.29) is 17.7 Å². The summed E-state index contributed by atoms with van der Waals surface area (Å²) in [5.74, 6) is -0.438. The summed E-state index contributed by atoms with van der Waals surface area (Å²) in [4.78, 5) is 21.2. The number of benzene rings is 2. The summed E-state index contributed by atoms with van der Waals surface area (Å²) in [6, 6.07) is 15.2. The minimum absolute atomic E-state index is 0.234. The SMILES string of the molecule is Cc1ccc(C(=O)NC(=NCc2cccnc2)Nc2cccc(F)c2)cc1C. The van der Waals surface area contributed by atoms with Crippen LogP contribution in [0.4, 0.5) is 10.1 Å². The number of aliphatic imine (C=N–C) groups is 1. The number of rotatable bonds is 4. The highest BCUT2D eigenvalue weighted by Gasteiger charge is 2.11. The highest BCUT2D eigenvalue weighted by atomic mass is 19.1. The largest absolute Gasteiger partial charge is 0.326 e. The van der Waals surface area contributed by atoms with Crippen LogP contribution in [-0.2, 0) is 6.54 Å². The van der Waals surface area contributed by atoms with Crippen LogP contribution in [0.25, 0.3) is 0 Å². The van der Waals surface area contributed by atoms with Crippen molar-refractivity contribution in [3.8, 4) is 0 Å². The Labute approximate surface area is 163 Å². The quantitative estimate of drug-likeness (QED) is 0.529. The van der Waals surface area contributed by atoms with Crippen molar-refractivity contribution in [2.75, 3.05) is 5.32 Å². The molecule has 0 atom stereocenters. The molecule has 142 valence electrons. The molecule has 3 rings (SSSR count). The number of nitrogens with one attached hydrogen (secondary N) is 2. The van der Waals surface area contributed by atoms with E-state index >= 15 is 0 Å². The first kappa shape index (κ1) is 19.2. The van der Waals surface area contributed by atoms with Crippen LogP contribution in [0.1, 0.15) is 27.0 Å². The average Bonchev–Trinajstić information content (AvgIpc) is 2.69. The fourth-order valence-electron chi connectivity index (χ4n) is 2.54. The van der Waals surface area contributed by atoms with Crippen molar-refractivity contribution in [2.24, 2.45) is 4.99 Å². The molecule has 2 N–H and O–H groups in total. The number of pyridine rings is 1. The van der Waals surface area contributed by atoms with Gasteiger partial charge in [0.25, 0.3) is 5.91 Å². The van der Waals surface area contributed by atoms with E-state index in [1.807, 2.05) is 38.1 Å². The van der Waals surface area contributed by atoms with Gasteiger partial charge in [-0.05, 0) is 66.9 Å².